The summed E-state index contributed by atoms with van der Waals surface area (Å²) in [4.78, 5) is 13.8. The minimum absolute atomic E-state index is 0.0536. The van der Waals surface area contributed by atoms with Crippen LogP contribution in [0.5, 0.6) is 0 Å². The Labute approximate surface area is 150 Å². The van der Waals surface area contributed by atoms with Crippen molar-refractivity contribution in [1.82, 2.24) is 4.31 Å². The molecule has 2 heterocycles. The molecule has 2 aliphatic heterocycles. The second-order valence-corrected chi connectivity index (χ2v) is 9.03. The zero-order valence-electron chi connectivity index (χ0n) is 14.9. The van der Waals surface area contributed by atoms with Gasteiger partial charge in [0.25, 0.3) is 5.91 Å². The molecule has 0 saturated carbocycles. The summed E-state index contributed by atoms with van der Waals surface area (Å²) in [5, 5.41) is 2.87. The predicted molar refractivity (Wildman–Crippen MR) is 97.2 cm³/mol. The van der Waals surface area contributed by atoms with Crippen LogP contribution in [-0.2, 0) is 14.8 Å². The van der Waals surface area contributed by atoms with Crippen molar-refractivity contribution in [2.75, 3.05) is 38.0 Å². The van der Waals surface area contributed by atoms with Crippen LogP contribution in [0.2, 0.25) is 0 Å². The highest BCUT2D eigenvalue weighted by Crippen LogP contribution is 2.25. The zero-order valence-corrected chi connectivity index (χ0v) is 15.7. The van der Waals surface area contributed by atoms with Crippen LogP contribution in [0.1, 0.15) is 37.7 Å². The number of carbonyl (C=O) groups excluding carboxylic acids is 1. The van der Waals surface area contributed by atoms with Crippen LogP contribution in [0.4, 0.5) is 5.69 Å². The fourth-order valence-electron chi connectivity index (χ4n) is 3.68. The standard InChI is InChI=1S/C18H27N3O3S/c1-15-7-8-16(19-18(22)14-20-9-5-6-10-20)13-17(15)25(23,24)21-11-3-2-4-12-21/h7-8,13H,2-6,9-12,14H2,1H3,(H,19,22)/p+1. The molecule has 0 atom stereocenters. The Morgan fingerprint density at radius 3 is 2.48 bits per heavy atom. The average molecular weight is 367 g/mol. The van der Waals surface area contributed by atoms with Crippen LogP contribution in [0.3, 0.4) is 0 Å². The predicted octanol–water partition coefficient (Wildman–Crippen LogP) is 0.787. The zero-order chi connectivity index (χ0) is 17.9. The van der Waals surface area contributed by atoms with Gasteiger partial charge in [-0.2, -0.15) is 4.31 Å². The van der Waals surface area contributed by atoms with E-state index in [-0.39, 0.29) is 5.91 Å². The number of hydrogen-bond donors (Lipinski definition) is 2. The van der Waals surface area contributed by atoms with E-state index >= 15 is 0 Å². The third-order valence-electron chi connectivity index (χ3n) is 5.13. The lowest BCUT2D eigenvalue weighted by Crippen LogP contribution is -3.11. The van der Waals surface area contributed by atoms with Crippen LogP contribution in [0.15, 0.2) is 23.1 Å². The Balaban J connectivity index is 1.74. The number of quaternary nitrogens is 1. The number of hydrogen-bond acceptors (Lipinski definition) is 3. The molecule has 7 heteroatoms. The molecule has 1 amide bonds. The number of piperidine rings is 1. The Hall–Kier alpha value is -1.44. The Morgan fingerprint density at radius 2 is 1.80 bits per heavy atom. The number of carbonyl (C=O) groups is 1. The van der Waals surface area contributed by atoms with Gasteiger partial charge in [0.2, 0.25) is 10.0 Å². The van der Waals surface area contributed by atoms with Crippen molar-refractivity contribution >= 4 is 21.6 Å². The molecule has 0 unspecified atom stereocenters. The number of likely N-dealkylation sites (tertiary alicyclic amines) is 1. The van der Waals surface area contributed by atoms with Gasteiger partial charge in [0.15, 0.2) is 6.54 Å². The molecule has 138 valence electrons. The fourth-order valence-corrected chi connectivity index (χ4v) is 5.45. The summed E-state index contributed by atoms with van der Waals surface area (Å²) in [7, 11) is -3.50. The maximum Gasteiger partial charge on any atom is 0.279 e. The molecule has 6 nitrogen and oxygen atoms in total. The van der Waals surface area contributed by atoms with Crippen molar-refractivity contribution in [3.8, 4) is 0 Å². The first-order chi connectivity index (χ1) is 12.0. The summed E-state index contributed by atoms with van der Waals surface area (Å²) in [6.45, 7) is 5.48. The molecule has 1 aromatic carbocycles. The molecule has 0 spiro atoms. The van der Waals surface area contributed by atoms with Gasteiger partial charge < -0.3 is 10.2 Å². The van der Waals surface area contributed by atoms with E-state index in [4.69, 9.17) is 0 Å². The van der Waals surface area contributed by atoms with Gasteiger partial charge in [0.05, 0.1) is 18.0 Å². The number of rotatable bonds is 5. The van der Waals surface area contributed by atoms with Gasteiger partial charge in [0.1, 0.15) is 0 Å². The Kier molecular flexibility index (Phi) is 5.76. The number of nitrogens with zero attached hydrogens (tertiary/aromatic N) is 1. The first-order valence-corrected chi connectivity index (χ1v) is 10.6. The van der Waals surface area contributed by atoms with Crippen molar-refractivity contribution in [2.24, 2.45) is 0 Å². The van der Waals surface area contributed by atoms with E-state index < -0.39 is 10.0 Å². The first-order valence-electron chi connectivity index (χ1n) is 9.21. The number of amides is 1. The summed E-state index contributed by atoms with van der Waals surface area (Å²) in [5.74, 6) is -0.0536. The maximum absolute atomic E-state index is 12.9. The van der Waals surface area contributed by atoms with E-state index in [1.807, 2.05) is 0 Å². The number of aryl methyl sites for hydroxylation is 1. The second kappa shape index (κ2) is 7.85. The minimum Gasteiger partial charge on any atom is -0.327 e. The molecule has 1 aromatic rings. The molecule has 25 heavy (non-hydrogen) atoms. The Morgan fingerprint density at radius 1 is 1.12 bits per heavy atom. The van der Waals surface area contributed by atoms with Gasteiger partial charge in [-0.1, -0.05) is 12.5 Å². The van der Waals surface area contributed by atoms with Crippen LogP contribution in [-0.4, -0.2) is 51.4 Å². The Bertz CT molecular complexity index is 721. The fraction of sp³-hybridized carbons (Fsp3) is 0.611. The minimum atomic E-state index is -3.50. The van der Waals surface area contributed by atoms with Gasteiger partial charge >= 0.3 is 0 Å². The van der Waals surface area contributed by atoms with E-state index in [1.54, 1.807) is 29.4 Å². The van der Waals surface area contributed by atoms with E-state index in [2.05, 4.69) is 5.32 Å². The first kappa shape index (κ1) is 18.4. The molecule has 2 N–H and O–H groups in total. The topological polar surface area (TPSA) is 70.9 Å². The highest BCUT2D eigenvalue weighted by atomic mass is 32.2. The summed E-state index contributed by atoms with van der Waals surface area (Å²) >= 11 is 0. The lowest BCUT2D eigenvalue weighted by atomic mass is 10.2. The van der Waals surface area contributed by atoms with Crippen molar-refractivity contribution in [1.29, 1.82) is 0 Å². The molecule has 0 bridgehead atoms. The quantitative estimate of drug-likeness (QED) is 0.809. The highest BCUT2D eigenvalue weighted by Gasteiger charge is 2.28. The van der Waals surface area contributed by atoms with Gasteiger partial charge in [0, 0.05) is 31.6 Å². The normalized spacial score (nSPS) is 19.9. The largest absolute Gasteiger partial charge is 0.327 e. The third kappa shape index (κ3) is 4.40. The summed E-state index contributed by atoms with van der Waals surface area (Å²) in [6.07, 6.45) is 5.25. The summed E-state index contributed by atoms with van der Waals surface area (Å²) < 4.78 is 27.4. The second-order valence-electron chi connectivity index (χ2n) is 7.13. The smallest absolute Gasteiger partial charge is 0.279 e. The molecule has 0 aliphatic carbocycles. The van der Waals surface area contributed by atoms with E-state index in [0.29, 0.717) is 35.8 Å². The summed E-state index contributed by atoms with van der Waals surface area (Å²) in [6, 6.07) is 5.16. The third-order valence-corrected chi connectivity index (χ3v) is 7.17. The SMILES string of the molecule is Cc1ccc(NC(=O)C[NH+]2CCCC2)cc1S(=O)(=O)N1CCCCC1. The number of benzene rings is 1. The van der Waals surface area contributed by atoms with Crippen LogP contribution >= 0.6 is 0 Å². The number of nitrogens with one attached hydrogen (secondary N) is 2. The molecular weight excluding hydrogens is 338 g/mol. The summed E-state index contributed by atoms with van der Waals surface area (Å²) in [5.41, 5.74) is 1.28. The van der Waals surface area contributed by atoms with Gasteiger partial charge in [-0.3, -0.25) is 4.79 Å². The lowest BCUT2D eigenvalue weighted by molar-refractivity contribution is -0.878. The van der Waals surface area contributed by atoms with E-state index in [0.717, 1.165) is 32.4 Å². The lowest BCUT2D eigenvalue weighted by Gasteiger charge is -2.26. The van der Waals surface area contributed by atoms with Crippen molar-refractivity contribution in [3.05, 3.63) is 23.8 Å². The molecule has 0 aromatic heterocycles. The number of sulfonamides is 1. The highest BCUT2D eigenvalue weighted by molar-refractivity contribution is 7.89. The molecule has 2 saturated heterocycles. The van der Waals surface area contributed by atoms with Crippen molar-refractivity contribution in [3.63, 3.8) is 0 Å². The molecule has 2 aliphatic rings. The van der Waals surface area contributed by atoms with Crippen LogP contribution < -0.4 is 10.2 Å². The molecular formula is C18H28N3O3S+. The maximum atomic E-state index is 12.9. The van der Waals surface area contributed by atoms with Gasteiger partial charge in [-0.05, 0) is 37.5 Å². The monoisotopic (exact) mass is 366 g/mol. The van der Waals surface area contributed by atoms with Crippen LogP contribution in [0, 0.1) is 6.92 Å². The van der Waals surface area contributed by atoms with Gasteiger partial charge in [-0.15, -0.1) is 0 Å². The van der Waals surface area contributed by atoms with Gasteiger partial charge in [-0.25, -0.2) is 8.42 Å². The van der Waals surface area contributed by atoms with E-state index in [1.165, 1.54) is 17.7 Å². The van der Waals surface area contributed by atoms with Crippen LogP contribution in [0.25, 0.3) is 0 Å². The molecule has 0 radical (unpaired) electrons. The molecule has 2 fully saturated rings. The van der Waals surface area contributed by atoms with Crippen molar-refractivity contribution in [2.45, 2.75) is 43.9 Å². The molecule has 3 rings (SSSR count). The van der Waals surface area contributed by atoms with E-state index in [9.17, 15) is 13.2 Å². The number of anilines is 1. The van der Waals surface area contributed by atoms with Crippen molar-refractivity contribution < 1.29 is 18.1 Å². The average Bonchev–Trinajstić information content (AvgIpc) is 3.10.